The van der Waals surface area contributed by atoms with Crippen LogP contribution in [0.4, 0.5) is 0 Å². The van der Waals surface area contributed by atoms with E-state index >= 15 is 0 Å². The topological polar surface area (TPSA) is 24.1 Å². The Balaban J connectivity index is 2.38. The highest BCUT2D eigenvalue weighted by Gasteiger charge is 2.30. The highest BCUT2D eigenvalue weighted by Crippen LogP contribution is 2.29. The second-order valence-electron chi connectivity index (χ2n) is 6.92. The van der Waals surface area contributed by atoms with Crippen LogP contribution in [0.25, 0.3) is 0 Å². The van der Waals surface area contributed by atoms with E-state index in [0.717, 1.165) is 17.8 Å². The van der Waals surface area contributed by atoms with Crippen LogP contribution in [-0.4, -0.2) is 26.2 Å². The maximum absolute atomic E-state index is 3.77. The molecule has 0 spiro atoms. The Morgan fingerprint density at radius 3 is 2.28 bits per heavy atom. The number of hydrogen-bond donors (Lipinski definition) is 2. The van der Waals surface area contributed by atoms with Crippen LogP contribution in [0.3, 0.4) is 0 Å². The zero-order valence-electron chi connectivity index (χ0n) is 13.2. The van der Waals surface area contributed by atoms with Crippen molar-refractivity contribution in [3.05, 3.63) is 0 Å². The van der Waals surface area contributed by atoms with E-state index in [2.05, 4.69) is 45.3 Å². The predicted molar refractivity (Wildman–Crippen MR) is 80.9 cm³/mol. The summed E-state index contributed by atoms with van der Waals surface area (Å²) in [5, 5.41) is 7.34. The van der Waals surface area contributed by atoms with Crippen LogP contribution < -0.4 is 10.6 Å². The van der Waals surface area contributed by atoms with Crippen LogP contribution in [0.2, 0.25) is 0 Å². The van der Waals surface area contributed by atoms with Crippen molar-refractivity contribution in [3.8, 4) is 0 Å². The minimum Gasteiger partial charge on any atom is -0.316 e. The molecule has 1 unspecified atom stereocenters. The summed E-state index contributed by atoms with van der Waals surface area (Å²) in [6, 6.07) is 0. The summed E-state index contributed by atoms with van der Waals surface area (Å²) >= 11 is 0. The first kappa shape index (κ1) is 16.0. The van der Waals surface area contributed by atoms with Crippen LogP contribution >= 0.6 is 0 Å². The lowest BCUT2D eigenvalue weighted by Crippen LogP contribution is -2.47. The first-order chi connectivity index (χ1) is 8.51. The zero-order valence-corrected chi connectivity index (χ0v) is 13.2. The van der Waals surface area contributed by atoms with Gasteiger partial charge in [0, 0.05) is 13.1 Å². The average Bonchev–Trinajstić information content (AvgIpc) is 2.35. The molecule has 0 aliphatic carbocycles. The standard InChI is InChI=1S/C16H34N2/c1-6-16(8-7-9-17-11-16)12-18-10-15(13(2)3)14(4)5/h13-15,17-18H,6-12H2,1-5H3. The van der Waals surface area contributed by atoms with Crippen LogP contribution in [0, 0.1) is 23.2 Å². The summed E-state index contributed by atoms with van der Waals surface area (Å²) in [6.07, 6.45) is 4.02. The van der Waals surface area contributed by atoms with Crippen molar-refractivity contribution in [2.24, 2.45) is 23.2 Å². The number of hydrogen-bond acceptors (Lipinski definition) is 2. The minimum atomic E-state index is 0.511. The van der Waals surface area contributed by atoms with Crippen molar-refractivity contribution in [2.75, 3.05) is 26.2 Å². The van der Waals surface area contributed by atoms with Gasteiger partial charge in [-0.2, -0.15) is 0 Å². The fraction of sp³-hybridized carbons (Fsp3) is 1.00. The minimum absolute atomic E-state index is 0.511. The highest BCUT2D eigenvalue weighted by molar-refractivity contribution is 4.86. The molecule has 0 saturated carbocycles. The fourth-order valence-electron chi connectivity index (χ4n) is 3.35. The Bertz CT molecular complexity index is 209. The van der Waals surface area contributed by atoms with E-state index in [0.29, 0.717) is 5.41 Å². The van der Waals surface area contributed by atoms with E-state index < -0.39 is 0 Å². The van der Waals surface area contributed by atoms with Crippen LogP contribution in [0.1, 0.15) is 53.9 Å². The smallest absolute Gasteiger partial charge is 0.00200 e. The summed E-state index contributed by atoms with van der Waals surface area (Å²) in [5.41, 5.74) is 0.511. The molecule has 1 saturated heterocycles. The molecule has 1 rings (SSSR count). The molecule has 2 nitrogen and oxygen atoms in total. The molecule has 108 valence electrons. The third-order valence-electron chi connectivity index (χ3n) is 4.90. The average molecular weight is 254 g/mol. The Labute approximate surface area is 114 Å². The van der Waals surface area contributed by atoms with Gasteiger partial charge in [-0.25, -0.2) is 0 Å². The third kappa shape index (κ3) is 4.55. The third-order valence-corrected chi connectivity index (χ3v) is 4.90. The number of nitrogens with one attached hydrogen (secondary N) is 2. The molecule has 18 heavy (non-hydrogen) atoms. The summed E-state index contributed by atoms with van der Waals surface area (Å²) in [5.74, 6) is 2.36. The van der Waals surface area contributed by atoms with Gasteiger partial charge in [0.05, 0.1) is 0 Å². The molecule has 0 radical (unpaired) electrons. The quantitative estimate of drug-likeness (QED) is 0.728. The van der Waals surface area contributed by atoms with Crippen molar-refractivity contribution in [1.29, 1.82) is 0 Å². The Morgan fingerprint density at radius 1 is 1.17 bits per heavy atom. The zero-order chi connectivity index (χ0) is 13.6. The van der Waals surface area contributed by atoms with Crippen LogP contribution in [-0.2, 0) is 0 Å². The summed E-state index contributed by atoms with van der Waals surface area (Å²) in [7, 11) is 0. The molecule has 0 aromatic rings. The second kappa shape index (κ2) is 7.49. The van der Waals surface area contributed by atoms with Gasteiger partial charge >= 0.3 is 0 Å². The Hall–Kier alpha value is -0.0800. The predicted octanol–water partition coefficient (Wildman–Crippen LogP) is 3.28. The van der Waals surface area contributed by atoms with E-state index in [1.54, 1.807) is 0 Å². The van der Waals surface area contributed by atoms with Gasteiger partial charge in [-0.3, -0.25) is 0 Å². The van der Waals surface area contributed by atoms with Crippen molar-refractivity contribution in [2.45, 2.75) is 53.9 Å². The monoisotopic (exact) mass is 254 g/mol. The molecule has 2 N–H and O–H groups in total. The molecule has 0 aromatic heterocycles. The van der Waals surface area contributed by atoms with E-state index in [4.69, 9.17) is 0 Å². The molecule has 1 fully saturated rings. The van der Waals surface area contributed by atoms with Gasteiger partial charge in [-0.1, -0.05) is 34.6 Å². The molecule has 0 bridgehead atoms. The van der Waals surface area contributed by atoms with Gasteiger partial charge in [-0.15, -0.1) is 0 Å². The maximum atomic E-state index is 3.77. The number of rotatable bonds is 7. The SMILES string of the molecule is CCC1(CNCC(C(C)C)C(C)C)CCCNC1. The van der Waals surface area contributed by atoms with E-state index in [1.807, 2.05) is 0 Å². The van der Waals surface area contributed by atoms with Gasteiger partial charge in [0.1, 0.15) is 0 Å². The largest absolute Gasteiger partial charge is 0.316 e. The van der Waals surface area contributed by atoms with Gasteiger partial charge in [-0.05, 0) is 55.5 Å². The summed E-state index contributed by atoms with van der Waals surface area (Å²) in [4.78, 5) is 0. The van der Waals surface area contributed by atoms with Crippen molar-refractivity contribution in [1.82, 2.24) is 10.6 Å². The van der Waals surface area contributed by atoms with Crippen molar-refractivity contribution in [3.63, 3.8) is 0 Å². The molecule has 1 atom stereocenters. The number of piperidine rings is 1. The summed E-state index contributed by atoms with van der Waals surface area (Å²) in [6.45, 7) is 16.5. The normalized spacial score (nSPS) is 25.3. The Morgan fingerprint density at radius 2 is 1.83 bits per heavy atom. The van der Waals surface area contributed by atoms with E-state index in [1.165, 1.54) is 45.4 Å². The highest BCUT2D eigenvalue weighted by atomic mass is 14.9. The van der Waals surface area contributed by atoms with E-state index in [9.17, 15) is 0 Å². The molecular formula is C16H34N2. The van der Waals surface area contributed by atoms with Gasteiger partial charge in [0.2, 0.25) is 0 Å². The lowest BCUT2D eigenvalue weighted by molar-refractivity contribution is 0.180. The first-order valence-corrected chi connectivity index (χ1v) is 7.92. The van der Waals surface area contributed by atoms with Gasteiger partial charge < -0.3 is 10.6 Å². The lowest BCUT2D eigenvalue weighted by atomic mass is 9.78. The molecule has 1 aliphatic heterocycles. The van der Waals surface area contributed by atoms with Crippen LogP contribution in [0.5, 0.6) is 0 Å². The first-order valence-electron chi connectivity index (χ1n) is 7.92. The van der Waals surface area contributed by atoms with E-state index in [-0.39, 0.29) is 0 Å². The van der Waals surface area contributed by atoms with Gasteiger partial charge in [0.15, 0.2) is 0 Å². The lowest BCUT2D eigenvalue weighted by Gasteiger charge is -2.38. The van der Waals surface area contributed by atoms with Gasteiger partial charge in [0.25, 0.3) is 0 Å². The van der Waals surface area contributed by atoms with Crippen molar-refractivity contribution < 1.29 is 0 Å². The molecule has 1 aliphatic rings. The second-order valence-corrected chi connectivity index (χ2v) is 6.92. The van der Waals surface area contributed by atoms with Crippen LogP contribution in [0.15, 0.2) is 0 Å². The molecular weight excluding hydrogens is 220 g/mol. The summed E-state index contributed by atoms with van der Waals surface area (Å²) < 4.78 is 0. The van der Waals surface area contributed by atoms with Crippen molar-refractivity contribution >= 4 is 0 Å². The Kier molecular flexibility index (Phi) is 6.65. The molecule has 0 aromatic carbocycles. The molecule has 1 heterocycles. The maximum Gasteiger partial charge on any atom is 0.00200 e. The molecule has 0 amide bonds. The fourth-order valence-corrected chi connectivity index (χ4v) is 3.35. The molecule has 2 heteroatoms.